The van der Waals surface area contributed by atoms with E-state index in [9.17, 15) is 15.0 Å². The Labute approximate surface area is 144 Å². The maximum Gasteiger partial charge on any atom is 0.142 e. The van der Waals surface area contributed by atoms with Crippen LogP contribution in [0.3, 0.4) is 0 Å². The van der Waals surface area contributed by atoms with E-state index in [1.54, 1.807) is 0 Å². The molecule has 0 spiro atoms. The fraction of sp³-hybridized carbons (Fsp3) is 0.952. The van der Waals surface area contributed by atoms with Gasteiger partial charge in [-0.1, -0.05) is 13.8 Å². The molecule has 0 amide bonds. The zero-order chi connectivity index (χ0) is 16.6. The number of hydrogen-bond acceptors (Lipinski definition) is 3. The molecule has 3 nitrogen and oxygen atoms in total. The minimum atomic E-state index is -0.657. The molecular weight excluding hydrogens is 300 g/mol. The molecule has 6 saturated carbocycles. The molecule has 0 heterocycles. The van der Waals surface area contributed by atoms with Crippen molar-refractivity contribution in [3.63, 3.8) is 0 Å². The Hall–Kier alpha value is -0.410. The monoisotopic (exact) mass is 330 g/mol. The number of carbonyl (C=O) groups is 1. The third-order valence-electron chi connectivity index (χ3n) is 10.1. The van der Waals surface area contributed by atoms with Crippen LogP contribution in [0.25, 0.3) is 0 Å². The second kappa shape index (κ2) is 3.96. The van der Waals surface area contributed by atoms with E-state index in [2.05, 4.69) is 13.8 Å². The topological polar surface area (TPSA) is 57.5 Å². The summed E-state index contributed by atoms with van der Waals surface area (Å²) < 4.78 is 0. The second-order valence-corrected chi connectivity index (χ2v) is 10.8. The molecule has 3 heteroatoms. The predicted octanol–water partition coefficient (Wildman–Crippen LogP) is 2.79. The van der Waals surface area contributed by atoms with Crippen LogP contribution in [-0.2, 0) is 4.79 Å². The number of hydrogen-bond donors (Lipinski definition) is 2. The minimum Gasteiger partial charge on any atom is -0.393 e. The third-order valence-corrected chi connectivity index (χ3v) is 10.1. The largest absolute Gasteiger partial charge is 0.393 e. The maximum atomic E-state index is 12.9. The van der Waals surface area contributed by atoms with Crippen molar-refractivity contribution in [1.82, 2.24) is 0 Å². The van der Waals surface area contributed by atoms with Crippen LogP contribution in [0.15, 0.2) is 0 Å². The van der Waals surface area contributed by atoms with Crippen LogP contribution >= 0.6 is 0 Å². The Morgan fingerprint density at radius 1 is 1.04 bits per heavy atom. The van der Waals surface area contributed by atoms with Crippen molar-refractivity contribution < 1.29 is 15.0 Å². The van der Waals surface area contributed by atoms with Gasteiger partial charge < -0.3 is 10.2 Å². The van der Waals surface area contributed by atoms with Gasteiger partial charge in [0.15, 0.2) is 0 Å². The maximum absolute atomic E-state index is 12.9. The SMILES string of the molecule is C[C@]12CC[C@H]3[C@H](C1[C@@H]1C[C@@H]1C2=O)[C@H]1C[C@H]1[C@]1(O)C[C@@H](O)CC[C@]31C. The molecule has 132 valence electrons. The molecule has 0 aromatic carbocycles. The molecule has 6 aliphatic carbocycles. The van der Waals surface area contributed by atoms with Gasteiger partial charge in [-0.05, 0) is 79.4 Å². The van der Waals surface area contributed by atoms with Crippen molar-refractivity contribution in [1.29, 1.82) is 0 Å². The average Bonchev–Trinajstić information content (AvgIpc) is 3.41. The second-order valence-electron chi connectivity index (χ2n) is 10.8. The molecule has 24 heavy (non-hydrogen) atoms. The molecule has 1 unspecified atom stereocenters. The van der Waals surface area contributed by atoms with Crippen molar-refractivity contribution in [2.45, 2.75) is 70.5 Å². The fourth-order valence-corrected chi connectivity index (χ4v) is 8.83. The van der Waals surface area contributed by atoms with Gasteiger partial charge in [-0.2, -0.15) is 0 Å². The zero-order valence-corrected chi connectivity index (χ0v) is 14.9. The minimum absolute atomic E-state index is 0.0497. The van der Waals surface area contributed by atoms with Gasteiger partial charge in [0.05, 0.1) is 11.7 Å². The smallest absolute Gasteiger partial charge is 0.142 e. The van der Waals surface area contributed by atoms with Crippen molar-refractivity contribution in [3.05, 3.63) is 0 Å². The van der Waals surface area contributed by atoms with Gasteiger partial charge in [-0.15, -0.1) is 0 Å². The first kappa shape index (κ1) is 14.7. The first-order valence-corrected chi connectivity index (χ1v) is 10.3. The van der Waals surface area contributed by atoms with Gasteiger partial charge in [-0.3, -0.25) is 4.79 Å². The number of aliphatic hydroxyl groups excluding tert-OH is 1. The van der Waals surface area contributed by atoms with Crippen LogP contribution in [0.4, 0.5) is 0 Å². The zero-order valence-electron chi connectivity index (χ0n) is 14.9. The Kier molecular flexibility index (Phi) is 2.43. The quantitative estimate of drug-likeness (QED) is 0.718. The number of carbonyl (C=O) groups excluding carboxylic acids is 1. The van der Waals surface area contributed by atoms with E-state index >= 15 is 0 Å². The third kappa shape index (κ3) is 1.37. The lowest BCUT2D eigenvalue weighted by Crippen LogP contribution is -2.64. The fourth-order valence-electron chi connectivity index (χ4n) is 8.83. The van der Waals surface area contributed by atoms with Gasteiger partial charge in [-0.25, -0.2) is 0 Å². The van der Waals surface area contributed by atoms with Gasteiger partial charge >= 0.3 is 0 Å². The van der Waals surface area contributed by atoms with Crippen molar-refractivity contribution in [3.8, 4) is 0 Å². The van der Waals surface area contributed by atoms with Crippen LogP contribution < -0.4 is 0 Å². The molecule has 0 saturated heterocycles. The van der Waals surface area contributed by atoms with Crippen LogP contribution in [0.5, 0.6) is 0 Å². The predicted molar refractivity (Wildman–Crippen MR) is 88.9 cm³/mol. The molecule has 0 bridgehead atoms. The lowest BCUT2D eigenvalue weighted by molar-refractivity contribution is -0.225. The molecule has 11 atom stereocenters. The summed E-state index contributed by atoms with van der Waals surface area (Å²) in [5.74, 6) is 4.46. The summed E-state index contributed by atoms with van der Waals surface area (Å²) in [6.45, 7) is 4.60. The van der Waals surface area contributed by atoms with E-state index in [4.69, 9.17) is 0 Å². The summed E-state index contributed by atoms with van der Waals surface area (Å²) in [7, 11) is 0. The van der Waals surface area contributed by atoms with E-state index < -0.39 is 5.60 Å². The van der Waals surface area contributed by atoms with Gasteiger partial charge in [0.25, 0.3) is 0 Å². The van der Waals surface area contributed by atoms with Crippen molar-refractivity contribution >= 4 is 5.78 Å². The first-order chi connectivity index (χ1) is 11.3. The highest BCUT2D eigenvalue weighted by molar-refractivity contribution is 5.92. The number of rotatable bonds is 0. The highest BCUT2D eigenvalue weighted by Crippen LogP contribution is 2.78. The first-order valence-electron chi connectivity index (χ1n) is 10.3. The molecular formula is C21H30O3. The molecule has 6 aliphatic rings. The van der Waals surface area contributed by atoms with Crippen LogP contribution in [0.1, 0.15) is 58.8 Å². The van der Waals surface area contributed by atoms with E-state index in [1.807, 2.05) is 0 Å². The molecule has 6 fully saturated rings. The van der Waals surface area contributed by atoms with E-state index in [0.717, 1.165) is 38.5 Å². The Bertz CT molecular complexity index is 645. The van der Waals surface area contributed by atoms with E-state index in [1.165, 1.54) is 0 Å². The Morgan fingerprint density at radius 2 is 1.83 bits per heavy atom. The lowest BCUT2D eigenvalue weighted by Gasteiger charge is -2.63. The van der Waals surface area contributed by atoms with E-state index in [0.29, 0.717) is 53.6 Å². The average molecular weight is 330 g/mol. The van der Waals surface area contributed by atoms with Crippen LogP contribution in [0.2, 0.25) is 0 Å². The summed E-state index contributed by atoms with van der Waals surface area (Å²) in [6.07, 6.45) is 6.50. The number of Topliss-reactive ketones (excluding diaryl/α,β-unsaturated/α-hetero) is 1. The van der Waals surface area contributed by atoms with Crippen molar-refractivity contribution in [2.75, 3.05) is 0 Å². The Balaban J connectivity index is 1.45. The molecule has 0 radical (unpaired) electrons. The van der Waals surface area contributed by atoms with E-state index in [-0.39, 0.29) is 16.9 Å². The molecule has 6 rings (SSSR count). The normalized spacial score (nSPS) is 69.1. The standard InChI is InChI=1S/C21H30O3/c1-19-5-4-14-16(17(19)11-7-12(11)18(19)23)13-8-15(13)21(24)9-10(22)3-6-20(14,21)2/h10-17,22,24H,3-9H2,1-2H3/t10-,11+,12-,13-,14-,15+,16+,17?,19-,20+,21+/m0/s1. The van der Waals surface area contributed by atoms with Gasteiger partial charge in [0, 0.05) is 17.8 Å². The summed E-state index contributed by atoms with van der Waals surface area (Å²) in [4.78, 5) is 12.9. The summed E-state index contributed by atoms with van der Waals surface area (Å²) in [5.41, 5.74) is -0.760. The molecule has 0 aromatic rings. The highest BCUT2D eigenvalue weighted by atomic mass is 16.3. The van der Waals surface area contributed by atoms with Gasteiger partial charge in [0.2, 0.25) is 0 Å². The van der Waals surface area contributed by atoms with Crippen LogP contribution in [-0.4, -0.2) is 27.7 Å². The molecule has 0 aliphatic heterocycles. The lowest BCUT2D eigenvalue weighted by atomic mass is 9.43. The van der Waals surface area contributed by atoms with Crippen molar-refractivity contribution in [2.24, 2.45) is 52.3 Å². The summed E-state index contributed by atoms with van der Waals surface area (Å²) >= 11 is 0. The highest BCUT2D eigenvalue weighted by Gasteiger charge is 2.78. The number of fused-ring (bicyclic) bond motifs is 10. The summed E-state index contributed by atoms with van der Waals surface area (Å²) in [5, 5.41) is 21.9. The van der Waals surface area contributed by atoms with Crippen LogP contribution in [0, 0.1) is 52.3 Å². The Morgan fingerprint density at radius 3 is 2.62 bits per heavy atom. The molecule has 2 N–H and O–H groups in total. The number of ketones is 1. The summed E-state index contributed by atoms with van der Waals surface area (Å²) in [6, 6.07) is 0. The van der Waals surface area contributed by atoms with Gasteiger partial charge in [0.1, 0.15) is 5.78 Å². The number of aliphatic hydroxyl groups is 2. The molecule has 0 aromatic heterocycles.